The van der Waals surface area contributed by atoms with Crippen LogP contribution in [0.4, 0.5) is 0 Å². The highest BCUT2D eigenvalue weighted by Gasteiger charge is 1.86. The molecule has 0 amide bonds. The second-order valence-corrected chi connectivity index (χ2v) is 1.41. The summed E-state index contributed by atoms with van der Waals surface area (Å²) in [4.78, 5) is 6.54. The topological polar surface area (TPSA) is 60.9 Å². The normalized spacial score (nSPS) is 9.62. The zero-order valence-corrected chi connectivity index (χ0v) is 4.26. The van der Waals surface area contributed by atoms with E-state index in [1.54, 1.807) is 12.5 Å². The third-order valence-corrected chi connectivity index (χ3v) is 0.824. The average molecular weight is 113 g/mol. The van der Waals surface area contributed by atoms with Crippen molar-refractivity contribution in [1.29, 1.82) is 0 Å². The van der Waals surface area contributed by atoms with E-state index in [1.807, 2.05) is 5.48 Å². The molecule has 0 aromatic carbocycles. The van der Waals surface area contributed by atoms with Gasteiger partial charge in [-0.15, -0.1) is 0 Å². The van der Waals surface area contributed by atoms with Crippen LogP contribution in [0, 0.1) is 0 Å². The molecule has 0 saturated heterocycles. The summed E-state index contributed by atoms with van der Waals surface area (Å²) in [6.45, 7) is 0.417. The molecule has 3 N–H and O–H groups in total. The third kappa shape index (κ3) is 1.05. The first kappa shape index (κ1) is 5.27. The van der Waals surface area contributed by atoms with Crippen molar-refractivity contribution in [3.8, 4) is 0 Å². The molecule has 0 spiro atoms. The molecule has 0 unspecified atom stereocenters. The lowest BCUT2D eigenvalue weighted by atomic mass is 10.5. The van der Waals surface area contributed by atoms with Crippen molar-refractivity contribution in [1.82, 2.24) is 15.4 Å². The number of imidazole rings is 1. The molecular weight excluding hydrogens is 106 g/mol. The van der Waals surface area contributed by atoms with Crippen molar-refractivity contribution in [2.24, 2.45) is 0 Å². The van der Waals surface area contributed by atoms with E-state index >= 15 is 0 Å². The lowest BCUT2D eigenvalue weighted by molar-refractivity contribution is 0.160. The first-order valence-electron chi connectivity index (χ1n) is 2.27. The molecule has 0 bridgehead atoms. The van der Waals surface area contributed by atoms with Gasteiger partial charge in [-0.1, -0.05) is 0 Å². The predicted molar refractivity (Wildman–Crippen MR) is 27.2 cm³/mol. The highest BCUT2D eigenvalue weighted by atomic mass is 16.5. The van der Waals surface area contributed by atoms with Crippen LogP contribution in [0.2, 0.25) is 0 Å². The van der Waals surface area contributed by atoms with Gasteiger partial charge in [0.25, 0.3) is 0 Å². The number of aromatic nitrogens is 2. The molecule has 1 aromatic rings. The Hall–Kier alpha value is -0.870. The second-order valence-electron chi connectivity index (χ2n) is 1.41. The van der Waals surface area contributed by atoms with Crippen LogP contribution in [-0.2, 0) is 6.54 Å². The van der Waals surface area contributed by atoms with E-state index in [4.69, 9.17) is 5.21 Å². The van der Waals surface area contributed by atoms with Gasteiger partial charge in [0.2, 0.25) is 0 Å². The largest absolute Gasteiger partial charge is 0.347 e. The van der Waals surface area contributed by atoms with Crippen LogP contribution in [-0.4, -0.2) is 15.2 Å². The summed E-state index contributed by atoms with van der Waals surface area (Å²) in [6.07, 6.45) is 3.20. The lowest BCUT2D eigenvalue weighted by Gasteiger charge is -1.88. The first-order chi connectivity index (χ1) is 3.93. The zero-order valence-electron chi connectivity index (χ0n) is 4.26. The Morgan fingerprint density at radius 2 is 2.75 bits per heavy atom. The molecule has 0 aliphatic carbocycles. The molecule has 1 heterocycles. The van der Waals surface area contributed by atoms with E-state index < -0.39 is 0 Å². The van der Waals surface area contributed by atoms with E-state index in [1.165, 1.54) is 0 Å². The summed E-state index contributed by atoms with van der Waals surface area (Å²) in [5, 5.41) is 8.14. The minimum Gasteiger partial charge on any atom is -0.347 e. The summed E-state index contributed by atoms with van der Waals surface area (Å²) in [6, 6.07) is 0. The highest BCUT2D eigenvalue weighted by molar-refractivity contribution is 4.91. The molecule has 0 fully saturated rings. The van der Waals surface area contributed by atoms with Crippen LogP contribution in [0.1, 0.15) is 5.69 Å². The third-order valence-electron chi connectivity index (χ3n) is 0.824. The SMILES string of the molecule is ONCc1cnc[nH]1. The minimum atomic E-state index is 0.417. The Balaban J connectivity index is 2.50. The van der Waals surface area contributed by atoms with Crippen molar-refractivity contribution in [2.45, 2.75) is 6.54 Å². The number of nitrogens with one attached hydrogen (secondary N) is 2. The van der Waals surface area contributed by atoms with E-state index in [9.17, 15) is 0 Å². The van der Waals surface area contributed by atoms with E-state index in [2.05, 4.69) is 9.97 Å². The molecular formula is C4H7N3O. The zero-order chi connectivity index (χ0) is 5.82. The number of aromatic amines is 1. The van der Waals surface area contributed by atoms with Crippen LogP contribution >= 0.6 is 0 Å². The Bertz CT molecular complexity index is 137. The van der Waals surface area contributed by atoms with E-state index in [0.717, 1.165) is 5.69 Å². The second kappa shape index (κ2) is 2.44. The van der Waals surface area contributed by atoms with Crippen molar-refractivity contribution < 1.29 is 5.21 Å². The maximum atomic E-state index is 8.14. The number of H-pyrrole nitrogens is 1. The fourth-order valence-electron chi connectivity index (χ4n) is 0.467. The molecule has 4 nitrogen and oxygen atoms in total. The minimum absolute atomic E-state index is 0.417. The number of nitrogens with zero attached hydrogens (tertiary/aromatic N) is 1. The van der Waals surface area contributed by atoms with Gasteiger partial charge in [0.05, 0.1) is 18.6 Å². The maximum absolute atomic E-state index is 8.14. The van der Waals surface area contributed by atoms with Crippen molar-refractivity contribution in [2.75, 3.05) is 0 Å². The molecule has 1 aromatic heterocycles. The summed E-state index contributed by atoms with van der Waals surface area (Å²) >= 11 is 0. The van der Waals surface area contributed by atoms with Crippen LogP contribution in [0.25, 0.3) is 0 Å². The van der Waals surface area contributed by atoms with Crippen molar-refractivity contribution in [3.05, 3.63) is 18.2 Å². The van der Waals surface area contributed by atoms with Gasteiger partial charge in [-0.2, -0.15) is 5.48 Å². The number of hydroxylamine groups is 1. The van der Waals surface area contributed by atoms with Gasteiger partial charge in [-0.25, -0.2) is 4.98 Å². The number of hydrogen-bond acceptors (Lipinski definition) is 3. The van der Waals surface area contributed by atoms with Crippen LogP contribution in [0.15, 0.2) is 12.5 Å². The Kier molecular flexibility index (Phi) is 1.61. The molecule has 8 heavy (non-hydrogen) atoms. The Morgan fingerprint density at radius 1 is 1.88 bits per heavy atom. The monoisotopic (exact) mass is 113 g/mol. The van der Waals surface area contributed by atoms with Crippen LogP contribution in [0.3, 0.4) is 0 Å². The van der Waals surface area contributed by atoms with Crippen LogP contribution in [0.5, 0.6) is 0 Å². The Labute approximate surface area is 46.5 Å². The Morgan fingerprint density at radius 3 is 3.25 bits per heavy atom. The van der Waals surface area contributed by atoms with Crippen molar-refractivity contribution in [3.63, 3.8) is 0 Å². The molecule has 4 heteroatoms. The molecule has 44 valence electrons. The summed E-state index contributed by atoms with van der Waals surface area (Å²) in [5.74, 6) is 0. The fraction of sp³-hybridized carbons (Fsp3) is 0.250. The van der Waals surface area contributed by atoms with Gasteiger partial charge in [-0.05, 0) is 0 Å². The maximum Gasteiger partial charge on any atom is 0.0922 e. The molecule has 0 atom stereocenters. The summed E-state index contributed by atoms with van der Waals surface area (Å²) in [7, 11) is 0. The van der Waals surface area contributed by atoms with Gasteiger partial charge in [0, 0.05) is 6.20 Å². The standard InChI is InChI=1S/C4H7N3O/c8-7-2-4-1-5-3-6-4/h1,3,7-8H,2H2,(H,5,6). The van der Waals surface area contributed by atoms with Gasteiger partial charge < -0.3 is 10.2 Å². The first-order valence-corrected chi connectivity index (χ1v) is 2.27. The van der Waals surface area contributed by atoms with Crippen LogP contribution < -0.4 is 5.48 Å². The van der Waals surface area contributed by atoms with Gasteiger partial charge >= 0.3 is 0 Å². The quantitative estimate of drug-likeness (QED) is 0.469. The lowest BCUT2D eigenvalue weighted by Crippen LogP contribution is -2.05. The molecule has 0 aliphatic rings. The number of hydrogen-bond donors (Lipinski definition) is 3. The smallest absolute Gasteiger partial charge is 0.0922 e. The molecule has 0 aliphatic heterocycles. The highest BCUT2D eigenvalue weighted by Crippen LogP contribution is 1.86. The van der Waals surface area contributed by atoms with E-state index in [0.29, 0.717) is 6.54 Å². The molecule has 0 saturated carbocycles. The van der Waals surface area contributed by atoms with Crippen molar-refractivity contribution >= 4 is 0 Å². The van der Waals surface area contributed by atoms with Gasteiger partial charge in [0.15, 0.2) is 0 Å². The summed E-state index contributed by atoms with van der Waals surface area (Å²) in [5.41, 5.74) is 2.87. The summed E-state index contributed by atoms with van der Waals surface area (Å²) < 4.78 is 0. The van der Waals surface area contributed by atoms with Gasteiger partial charge in [-0.3, -0.25) is 0 Å². The fourth-order valence-corrected chi connectivity index (χ4v) is 0.467. The molecule has 1 rings (SSSR count). The predicted octanol–water partition coefficient (Wildman–Crippen LogP) is -0.112. The number of rotatable bonds is 2. The average Bonchev–Trinajstić information content (AvgIpc) is 2.19. The van der Waals surface area contributed by atoms with Gasteiger partial charge in [0.1, 0.15) is 0 Å². The van der Waals surface area contributed by atoms with E-state index in [-0.39, 0.29) is 0 Å². The molecule has 0 radical (unpaired) electrons.